The number of rotatable bonds is 8. The molecule has 7 heteroatoms. The zero-order valence-electron chi connectivity index (χ0n) is 20.1. The lowest BCUT2D eigenvalue weighted by molar-refractivity contribution is -0.127. The Morgan fingerprint density at radius 1 is 1.09 bits per heavy atom. The first-order chi connectivity index (χ1) is 16.4. The Bertz CT molecular complexity index is 1130. The molecule has 3 N–H and O–H groups in total. The van der Waals surface area contributed by atoms with Crippen LogP contribution in [0, 0.1) is 23.2 Å². The van der Waals surface area contributed by atoms with Crippen molar-refractivity contribution in [2.75, 3.05) is 10.6 Å². The number of nitrogens with one attached hydrogen (secondary N) is 1. The summed E-state index contributed by atoms with van der Waals surface area (Å²) in [7, 11) is 0. The van der Waals surface area contributed by atoms with E-state index in [2.05, 4.69) is 4.98 Å². The Balaban J connectivity index is 1.51. The smallest absolute Gasteiger partial charge is 0.330 e. The van der Waals surface area contributed by atoms with Crippen LogP contribution in [0.4, 0.5) is 11.5 Å². The molecular formula is C27H36N4O3. The number of carbonyl (C=O) groups excluding carboxylic acids is 1. The second-order valence-corrected chi connectivity index (χ2v) is 11.1. The van der Waals surface area contributed by atoms with Crippen molar-refractivity contribution in [3.8, 4) is 0 Å². The van der Waals surface area contributed by atoms with E-state index in [0.717, 1.165) is 55.4 Å². The van der Waals surface area contributed by atoms with Gasteiger partial charge in [-0.05, 0) is 73.7 Å². The Kier molecular flexibility index (Phi) is 6.13. The van der Waals surface area contributed by atoms with E-state index in [1.807, 2.05) is 37.3 Å². The number of H-pyrrole nitrogens is 1. The van der Waals surface area contributed by atoms with E-state index in [9.17, 15) is 14.4 Å². The summed E-state index contributed by atoms with van der Waals surface area (Å²) in [6.07, 6.45) is 9.39. The maximum atomic E-state index is 14.0. The number of nitrogen functional groups attached to an aromatic ring is 1. The molecule has 4 aliphatic rings. The minimum Gasteiger partial charge on any atom is -0.383 e. The van der Waals surface area contributed by atoms with Crippen LogP contribution < -0.4 is 21.9 Å². The first-order valence-corrected chi connectivity index (χ1v) is 12.8. The van der Waals surface area contributed by atoms with Gasteiger partial charge >= 0.3 is 5.69 Å². The van der Waals surface area contributed by atoms with Gasteiger partial charge in [-0.2, -0.15) is 0 Å². The van der Waals surface area contributed by atoms with Crippen molar-refractivity contribution in [3.63, 3.8) is 0 Å². The highest BCUT2D eigenvalue weighted by Gasteiger charge is 2.52. The monoisotopic (exact) mass is 464 g/mol. The zero-order chi connectivity index (χ0) is 23.9. The molecule has 4 fully saturated rings. The van der Waals surface area contributed by atoms with Crippen LogP contribution >= 0.6 is 0 Å². The van der Waals surface area contributed by atoms with Crippen molar-refractivity contribution < 1.29 is 4.79 Å². The van der Waals surface area contributed by atoms with E-state index in [1.54, 1.807) is 4.90 Å². The van der Waals surface area contributed by atoms with Crippen LogP contribution in [-0.2, 0) is 17.9 Å². The normalized spacial score (nSPS) is 27.1. The maximum absolute atomic E-state index is 14.0. The van der Waals surface area contributed by atoms with Crippen LogP contribution in [-0.4, -0.2) is 15.5 Å². The fraction of sp³-hybridized carbons (Fsp3) is 0.593. The predicted octanol–water partition coefficient (Wildman–Crippen LogP) is 4.06. The third kappa shape index (κ3) is 4.32. The van der Waals surface area contributed by atoms with E-state index in [-0.39, 0.29) is 29.4 Å². The lowest BCUT2D eigenvalue weighted by atomic mass is 9.49. The van der Waals surface area contributed by atoms with Crippen LogP contribution in [0.3, 0.4) is 0 Å². The van der Waals surface area contributed by atoms with Crippen LogP contribution in [0.2, 0.25) is 0 Å². The average molecular weight is 465 g/mol. The number of carbonyl (C=O) groups is 1. The number of nitrogens with zero attached hydrogens (tertiary/aromatic N) is 2. The summed E-state index contributed by atoms with van der Waals surface area (Å²) in [5.74, 6) is 2.24. The number of aromatic amines is 1. The molecule has 1 aromatic carbocycles. The SMILES string of the molecule is CCCCn1c(N)c(N(Cc2ccccc2)C(=O)CC23CC4CC(CC(C4)C2)C3)c(=O)[nH]c1=O. The first-order valence-electron chi connectivity index (χ1n) is 12.8. The maximum Gasteiger partial charge on any atom is 0.330 e. The third-order valence-electron chi connectivity index (χ3n) is 8.40. The molecule has 0 radical (unpaired) electrons. The summed E-state index contributed by atoms with van der Waals surface area (Å²) in [4.78, 5) is 43.5. The number of aromatic nitrogens is 2. The van der Waals surface area contributed by atoms with Gasteiger partial charge in [-0.1, -0.05) is 43.7 Å². The average Bonchev–Trinajstić information content (AvgIpc) is 2.77. The number of anilines is 2. The number of hydrogen-bond acceptors (Lipinski definition) is 4. The highest BCUT2D eigenvalue weighted by atomic mass is 16.2. The van der Waals surface area contributed by atoms with Gasteiger partial charge in [0.25, 0.3) is 5.56 Å². The van der Waals surface area contributed by atoms with Crippen LogP contribution in [0.5, 0.6) is 0 Å². The van der Waals surface area contributed by atoms with E-state index in [4.69, 9.17) is 5.73 Å². The number of amides is 1. The molecule has 1 amide bonds. The fourth-order valence-corrected chi connectivity index (χ4v) is 7.36. The second-order valence-electron chi connectivity index (χ2n) is 11.1. The largest absolute Gasteiger partial charge is 0.383 e. The van der Waals surface area contributed by atoms with Crippen molar-refractivity contribution in [2.45, 2.75) is 77.8 Å². The van der Waals surface area contributed by atoms with Crippen molar-refractivity contribution >= 4 is 17.4 Å². The molecule has 0 spiro atoms. The van der Waals surface area contributed by atoms with Gasteiger partial charge in [0, 0.05) is 13.0 Å². The highest BCUT2D eigenvalue weighted by Crippen LogP contribution is 2.61. The molecule has 4 aliphatic carbocycles. The number of unbranched alkanes of at least 4 members (excludes halogenated alkanes) is 1. The van der Waals surface area contributed by atoms with E-state index in [0.29, 0.717) is 13.0 Å². The summed E-state index contributed by atoms with van der Waals surface area (Å²) in [5, 5.41) is 0. The standard InChI is InChI=1S/C27H36N4O3/c1-2-3-9-30-24(28)23(25(33)29-26(30)34)31(17-18-7-5-4-6-8-18)22(32)16-27-13-19-10-20(14-27)12-21(11-19)15-27/h4-8,19-21H,2-3,9-17,28H2,1H3,(H,29,33,34). The molecule has 1 heterocycles. The molecule has 1 aromatic heterocycles. The van der Waals surface area contributed by atoms with E-state index >= 15 is 0 Å². The summed E-state index contributed by atoms with van der Waals surface area (Å²) >= 11 is 0. The fourth-order valence-electron chi connectivity index (χ4n) is 7.36. The van der Waals surface area contributed by atoms with Gasteiger partial charge in [0.15, 0.2) is 5.69 Å². The molecule has 0 unspecified atom stereocenters. The molecule has 0 atom stereocenters. The Hall–Kier alpha value is -2.83. The van der Waals surface area contributed by atoms with Crippen molar-refractivity contribution in [3.05, 3.63) is 56.7 Å². The molecule has 2 aromatic rings. The quantitative estimate of drug-likeness (QED) is 0.615. The van der Waals surface area contributed by atoms with Gasteiger partial charge in [-0.25, -0.2) is 4.79 Å². The first kappa shape index (κ1) is 22.9. The second kappa shape index (κ2) is 9.08. The summed E-state index contributed by atoms with van der Waals surface area (Å²) in [6, 6.07) is 9.67. The molecule has 0 saturated heterocycles. The number of benzene rings is 1. The van der Waals surface area contributed by atoms with Crippen LogP contribution in [0.15, 0.2) is 39.9 Å². The highest BCUT2D eigenvalue weighted by molar-refractivity contribution is 5.96. The topological polar surface area (TPSA) is 101 Å². The Morgan fingerprint density at radius 3 is 2.29 bits per heavy atom. The lowest BCUT2D eigenvalue weighted by Crippen LogP contribution is -2.49. The molecule has 0 aliphatic heterocycles. The Labute approximate surface area is 200 Å². The zero-order valence-corrected chi connectivity index (χ0v) is 20.1. The van der Waals surface area contributed by atoms with Crippen LogP contribution in [0.1, 0.15) is 70.3 Å². The molecule has 4 saturated carbocycles. The molecule has 182 valence electrons. The summed E-state index contributed by atoms with van der Waals surface area (Å²) < 4.78 is 1.40. The molecule has 34 heavy (non-hydrogen) atoms. The van der Waals surface area contributed by atoms with Crippen molar-refractivity contribution in [1.29, 1.82) is 0 Å². The van der Waals surface area contributed by atoms with Gasteiger partial charge < -0.3 is 10.6 Å². The number of hydrogen-bond donors (Lipinski definition) is 2. The molecule has 6 rings (SSSR count). The summed E-state index contributed by atoms with van der Waals surface area (Å²) in [6.45, 7) is 2.70. The number of nitrogens with two attached hydrogens (primary N) is 1. The Morgan fingerprint density at radius 2 is 1.71 bits per heavy atom. The van der Waals surface area contributed by atoms with Gasteiger partial charge in [0.1, 0.15) is 5.82 Å². The van der Waals surface area contributed by atoms with Crippen molar-refractivity contribution in [1.82, 2.24) is 9.55 Å². The van der Waals surface area contributed by atoms with E-state index < -0.39 is 11.2 Å². The molecular weight excluding hydrogens is 428 g/mol. The van der Waals surface area contributed by atoms with Crippen molar-refractivity contribution in [2.24, 2.45) is 23.2 Å². The third-order valence-corrected chi connectivity index (χ3v) is 8.40. The molecule has 7 nitrogen and oxygen atoms in total. The van der Waals surface area contributed by atoms with Crippen LogP contribution in [0.25, 0.3) is 0 Å². The predicted molar refractivity (Wildman–Crippen MR) is 133 cm³/mol. The van der Waals surface area contributed by atoms with Gasteiger partial charge in [0.2, 0.25) is 5.91 Å². The lowest BCUT2D eigenvalue weighted by Gasteiger charge is -2.57. The van der Waals surface area contributed by atoms with Gasteiger partial charge in [-0.15, -0.1) is 0 Å². The molecule has 4 bridgehead atoms. The van der Waals surface area contributed by atoms with E-state index in [1.165, 1.54) is 23.8 Å². The summed E-state index contributed by atoms with van der Waals surface area (Å²) in [5.41, 5.74) is 6.38. The minimum atomic E-state index is -0.593. The van der Waals surface area contributed by atoms with Gasteiger partial charge in [-0.3, -0.25) is 19.1 Å². The van der Waals surface area contributed by atoms with Gasteiger partial charge in [0.05, 0.1) is 6.54 Å². The minimum absolute atomic E-state index is 0.0406.